The molecular weight excluding hydrogens is 424 g/mol. The van der Waals surface area contributed by atoms with Crippen LogP contribution in [0.3, 0.4) is 0 Å². The van der Waals surface area contributed by atoms with Crippen LogP contribution in [0.2, 0.25) is 0 Å². The number of fused-ring (bicyclic) bond motifs is 3. The Hall–Kier alpha value is -3.39. The summed E-state index contributed by atoms with van der Waals surface area (Å²) in [6.07, 6.45) is 0.482. The van der Waals surface area contributed by atoms with Gasteiger partial charge in [-0.3, -0.25) is 4.79 Å². The predicted octanol–water partition coefficient (Wildman–Crippen LogP) is 3.04. The lowest BCUT2D eigenvalue weighted by molar-refractivity contribution is -0.142. The number of carbonyl (C=O) groups excluding carboxylic acids is 2. The Labute approximate surface area is 193 Å². The fourth-order valence-electron chi connectivity index (χ4n) is 4.24. The van der Waals surface area contributed by atoms with Gasteiger partial charge in [-0.15, -0.1) is 0 Å². The molecule has 0 bridgehead atoms. The van der Waals surface area contributed by atoms with Gasteiger partial charge in [0, 0.05) is 31.4 Å². The number of carboxylic acids is 1. The van der Waals surface area contributed by atoms with Crippen LogP contribution in [0.15, 0.2) is 48.5 Å². The van der Waals surface area contributed by atoms with Gasteiger partial charge in [0.25, 0.3) is 0 Å². The average Bonchev–Trinajstić information content (AvgIpc) is 3.11. The molecule has 2 atom stereocenters. The first-order valence-electron chi connectivity index (χ1n) is 11.2. The van der Waals surface area contributed by atoms with E-state index in [0.717, 1.165) is 28.7 Å². The number of benzene rings is 2. The van der Waals surface area contributed by atoms with Crippen molar-refractivity contribution in [3.05, 3.63) is 59.7 Å². The number of ether oxygens (including phenoxy) is 1. The molecule has 2 aromatic rings. The number of hydrogen-bond acceptors (Lipinski definition) is 5. The maximum Gasteiger partial charge on any atom is 0.407 e. The predicted molar refractivity (Wildman–Crippen MR) is 123 cm³/mol. The van der Waals surface area contributed by atoms with Crippen molar-refractivity contribution in [1.29, 1.82) is 0 Å². The van der Waals surface area contributed by atoms with E-state index in [1.54, 1.807) is 0 Å². The Morgan fingerprint density at radius 3 is 2.12 bits per heavy atom. The molecule has 0 radical (unpaired) electrons. The van der Waals surface area contributed by atoms with Gasteiger partial charge in [-0.1, -0.05) is 61.9 Å². The van der Waals surface area contributed by atoms with Crippen molar-refractivity contribution < 1.29 is 29.3 Å². The zero-order valence-corrected chi connectivity index (χ0v) is 18.6. The molecule has 8 heteroatoms. The van der Waals surface area contributed by atoms with E-state index in [-0.39, 0.29) is 32.0 Å². The molecule has 0 aromatic heterocycles. The average molecular weight is 455 g/mol. The van der Waals surface area contributed by atoms with Gasteiger partial charge in [0.1, 0.15) is 12.6 Å². The van der Waals surface area contributed by atoms with Gasteiger partial charge in [0.15, 0.2) is 0 Å². The van der Waals surface area contributed by atoms with Crippen LogP contribution in [0.4, 0.5) is 4.79 Å². The number of carboxylic acid groups (broad SMARTS) is 1. The van der Waals surface area contributed by atoms with Crippen molar-refractivity contribution in [2.45, 2.75) is 50.6 Å². The molecule has 0 heterocycles. The highest BCUT2D eigenvalue weighted by atomic mass is 16.5. The molecule has 176 valence electrons. The van der Waals surface area contributed by atoms with E-state index >= 15 is 0 Å². The minimum atomic E-state index is -1.21. The third-order valence-corrected chi connectivity index (χ3v) is 5.79. The van der Waals surface area contributed by atoms with Crippen LogP contribution < -0.4 is 10.6 Å². The monoisotopic (exact) mass is 454 g/mol. The van der Waals surface area contributed by atoms with Crippen molar-refractivity contribution >= 4 is 18.0 Å². The van der Waals surface area contributed by atoms with Crippen LogP contribution >= 0.6 is 0 Å². The molecule has 0 spiro atoms. The lowest BCUT2D eigenvalue weighted by Crippen LogP contribution is -2.45. The zero-order chi connectivity index (χ0) is 23.8. The first-order valence-corrected chi connectivity index (χ1v) is 11.2. The van der Waals surface area contributed by atoms with E-state index in [2.05, 4.69) is 22.8 Å². The van der Waals surface area contributed by atoms with Crippen molar-refractivity contribution in [2.24, 2.45) is 0 Å². The summed E-state index contributed by atoms with van der Waals surface area (Å²) in [6, 6.07) is 14.4. The normalized spacial score (nSPS) is 14.0. The first kappa shape index (κ1) is 24.3. The molecule has 0 aliphatic heterocycles. The molecule has 8 nitrogen and oxygen atoms in total. The minimum Gasteiger partial charge on any atom is -0.480 e. The Bertz CT molecular complexity index is 947. The van der Waals surface area contributed by atoms with Crippen molar-refractivity contribution in [3.8, 4) is 11.1 Å². The number of aliphatic carboxylic acids is 1. The lowest BCUT2D eigenvalue weighted by atomic mass is 9.98. The van der Waals surface area contributed by atoms with E-state index < -0.39 is 30.1 Å². The third-order valence-electron chi connectivity index (χ3n) is 5.79. The van der Waals surface area contributed by atoms with E-state index in [9.17, 15) is 14.4 Å². The summed E-state index contributed by atoms with van der Waals surface area (Å²) in [7, 11) is 0. The van der Waals surface area contributed by atoms with Gasteiger partial charge in [0.2, 0.25) is 5.91 Å². The number of aliphatic hydroxyl groups is 1. The second kappa shape index (κ2) is 11.5. The van der Waals surface area contributed by atoms with Crippen LogP contribution in [0.25, 0.3) is 11.1 Å². The van der Waals surface area contributed by atoms with Crippen LogP contribution in [0.5, 0.6) is 0 Å². The van der Waals surface area contributed by atoms with Crippen molar-refractivity contribution in [1.82, 2.24) is 10.6 Å². The van der Waals surface area contributed by atoms with Crippen molar-refractivity contribution in [2.75, 3.05) is 13.2 Å². The second-order valence-corrected chi connectivity index (χ2v) is 8.13. The Kier molecular flexibility index (Phi) is 8.43. The molecule has 1 aliphatic rings. The molecular formula is C25H30N2O6. The number of carbonyl (C=O) groups is 3. The van der Waals surface area contributed by atoms with E-state index in [1.165, 1.54) is 0 Å². The second-order valence-electron chi connectivity index (χ2n) is 8.13. The highest BCUT2D eigenvalue weighted by Gasteiger charge is 2.29. The summed E-state index contributed by atoms with van der Waals surface area (Å²) in [6.45, 7) is 1.74. The SMILES string of the molecule is CCC[C@@H](CC(=O)NC(CCO)C(=O)O)NC(=O)OCC1c2ccccc2-c2ccccc21. The van der Waals surface area contributed by atoms with Gasteiger partial charge in [-0.25, -0.2) is 9.59 Å². The number of aliphatic hydroxyl groups excluding tert-OH is 1. The molecule has 2 amide bonds. The van der Waals surface area contributed by atoms with E-state index in [4.69, 9.17) is 14.9 Å². The molecule has 3 rings (SSSR count). The quantitative estimate of drug-likeness (QED) is 0.414. The summed E-state index contributed by atoms with van der Waals surface area (Å²) >= 11 is 0. The molecule has 0 fully saturated rings. The Balaban J connectivity index is 1.58. The van der Waals surface area contributed by atoms with Gasteiger partial charge in [0.05, 0.1) is 0 Å². The van der Waals surface area contributed by atoms with E-state index in [1.807, 2.05) is 43.3 Å². The van der Waals surface area contributed by atoms with Crippen LogP contribution in [0.1, 0.15) is 49.7 Å². The fraction of sp³-hybridized carbons (Fsp3) is 0.400. The van der Waals surface area contributed by atoms with Crippen LogP contribution in [0, 0.1) is 0 Å². The first-order chi connectivity index (χ1) is 15.9. The van der Waals surface area contributed by atoms with Gasteiger partial charge in [-0.2, -0.15) is 0 Å². The van der Waals surface area contributed by atoms with Crippen LogP contribution in [-0.2, 0) is 14.3 Å². The zero-order valence-electron chi connectivity index (χ0n) is 18.6. The van der Waals surface area contributed by atoms with Gasteiger partial charge >= 0.3 is 12.1 Å². The number of amides is 2. The lowest BCUT2D eigenvalue weighted by Gasteiger charge is -2.20. The number of hydrogen-bond donors (Lipinski definition) is 4. The largest absolute Gasteiger partial charge is 0.480 e. The smallest absolute Gasteiger partial charge is 0.407 e. The molecule has 1 aliphatic carbocycles. The highest BCUT2D eigenvalue weighted by molar-refractivity contribution is 5.84. The number of rotatable bonds is 11. The molecule has 4 N–H and O–H groups in total. The summed E-state index contributed by atoms with van der Waals surface area (Å²) in [5.74, 6) is -1.78. The molecule has 0 saturated heterocycles. The summed E-state index contributed by atoms with van der Waals surface area (Å²) in [4.78, 5) is 36.0. The molecule has 1 unspecified atom stereocenters. The number of nitrogens with one attached hydrogen (secondary N) is 2. The summed E-state index contributed by atoms with van der Waals surface area (Å²) < 4.78 is 5.55. The summed E-state index contributed by atoms with van der Waals surface area (Å²) in [5.41, 5.74) is 4.50. The maximum absolute atomic E-state index is 12.5. The summed E-state index contributed by atoms with van der Waals surface area (Å²) in [5, 5.41) is 23.2. The standard InChI is InChI=1S/C25H30N2O6/c1-2-7-16(14-23(29)27-22(12-13-28)24(30)31)26-25(32)33-15-21-19-10-5-3-8-17(19)18-9-4-6-11-20(18)21/h3-6,8-11,16,21-22,28H,2,7,12-15H2,1H3,(H,26,32)(H,27,29)(H,30,31)/t16-,22?/m0/s1. The van der Waals surface area contributed by atoms with Gasteiger partial charge in [-0.05, 0) is 28.7 Å². The minimum absolute atomic E-state index is 0.0640. The Morgan fingerprint density at radius 2 is 1.58 bits per heavy atom. The van der Waals surface area contributed by atoms with Gasteiger partial charge < -0.3 is 25.6 Å². The van der Waals surface area contributed by atoms with E-state index in [0.29, 0.717) is 6.42 Å². The number of alkyl carbamates (subject to hydrolysis) is 1. The Morgan fingerprint density at radius 1 is 0.970 bits per heavy atom. The van der Waals surface area contributed by atoms with Crippen molar-refractivity contribution in [3.63, 3.8) is 0 Å². The highest BCUT2D eigenvalue weighted by Crippen LogP contribution is 2.44. The maximum atomic E-state index is 12.5. The topological polar surface area (TPSA) is 125 Å². The molecule has 33 heavy (non-hydrogen) atoms. The third kappa shape index (κ3) is 6.10. The molecule has 0 saturated carbocycles. The molecule has 2 aromatic carbocycles. The fourth-order valence-corrected chi connectivity index (χ4v) is 4.24. The van der Waals surface area contributed by atoms with Crippen LogP contribution in [-0.4, -0.2) is 53.5 Å².